The first-order valence-electron chi connectivity index (χ1n) is 10.1. The van der Waals surface area contributed by atoms with E-state index in [0.717, 1.165) is 51.4 Å². The van der Waals surface area contributed by atoms with Crippen molar-refractivity contribution in [2.45, 2.75) is 69.1 Å². The van der Waals surface area contributed by atoms with Crippen LogP contribution in [-0.4, -0.2) is 74.9 Å². The highest BCUT2D eigenvalue weighted by molar-refractivity contribution is 14.0. The molecule has 0 aromatic rings. The van der Waals surface area contributed by atoms with Gasteiger partial charge in [-0.1, -0.05) is 12.8 Å². The minimum Gasteiger partial charge on any atom is -0.376 e. The number of ether oxygens (including phenoxy) is 2. The maximum absolute atomic E-state index is 11.9. The summed E-state index contributed by atoms with van der Waals surface area (Å²) in [5.74, 6) is 0.721. The minimum absolute atomic E-state index is 0. The van der Waals surface area contributed by atoms with E-state index in [4.69, 9.17) is 9.47 Å². The third-order valence-electron chi connectivity index (χ3n) is 5.74. The summed E-state index contributed by atoms with van der Waals surface area (Å²) in [5.41, 5.74) is 0.0645. The summed E-state index contributed by atoms with van der Waals surface area (Å²) < 4.78 is 11.8. The predicted octanol–water partition coefficient (Wildman–Crippen LogP) is 1.90. The molecule has 0 aromatic heterocycles. The molecule has 2 heterocycles. The first-order chi connectivity index (χ1) is 12.6. The Labute approximate surface area is 180 Å². The molecule has 1 aliphatic carbocycles. The zero-order chi connectivity index (χ0) is 18.4. The van der Waals surface area contributed by atoms with E-state index in [1.165, 1.54) is 25.7 Å². The molecule has 8 heteroatoms. The molecule has 7 nitrogen and oxygen atoms in total. The lowest BCUT2D eigenvalue weighted by Gasteiger charge is -2.39. The molecule has 0 bridgehead atoms. The standard InChI is InChI=1S/C19H34N4O3.HI/c1-23(2)17(24)14-21-18(20-13-16-6-5-10-25-16)22-15-7-11-26-19(12-15)8-3-4-9-19;/h15-16H,3-14H2,1-2H3,(H2,20,21,22);1H. The molecule has 3 fully saturated rings. The summed E-state index contributed by atoms with van der Waals surface area (Å²) in [4.78, 5) is 18.0. The van der Waals surface area contributed by atoms with Gasteiger partial charge in [0.2, 0.25) is 5.91 Å². The molecule has 1 saturated carbocycles. The lowest BCUT2D eigenvalue weighted by Crippen LogP contribution is -2.51. The van der Waals surface area contributed by atoms with Gasteiger partial charge in [0.1, 0.15) is 6.54 Å². The van der Waals surface area contributed by atoms with E-state index < -0.39 is 0 Å². The Bertz CT molecular complexity index is 503. The number of likely N-dealkylation sites (N-methyl/N-ethyl adjacent to an activating group) is 1. The number of nitrogens with zero attached hydrogens (tertiary/aromatic N) is 2. The number of guanidine groups is 1. The van der Waals surface area contributed by atoms with Gasteiger partial charge in [0, 0.05) is 39.9 Å². The highest BCUT2D eigenvalue weighted by Crippen LogP contribution is 2.39. The van der Waals surface area contributed by atoms with Crippen molar-refractivity contribution < 1.29 is 14.3 Å². The smallest absolute Gasteiger partial charge is 0.243 e. The van der Waals surface area contributed by atoms with Crippen molar-refractivity contribution in [3.8, 4) is 0 Å². The fourth-order valence-corrected chi connectivity index (χ4v) is 4.17. The maximum atomic E-state index is 11.9. The molecule has 0 aromatic carbocycles. The zero-order valence-corrected chi connectivity index (χ0v) is 19.0. The van der Waals surface area contributed by atoms with Crippen molar-refractivity contribution >= 4 is 35.8 Å². The van der Waals surface area contributed by atoms with Gasteiger partial charge in [0.25, 0.3) is 0 Å². The summed E-state index contributed by atoms with van der Waals surface area (Å²) in [6.45, 7) is 2.53. The van der Waals surface area contributed by atoms with E-state index in [1.807, 2.05) is 0 Å². The van der Waals surface area contributed by atoms with Crippen LogP contribution in [0.5, 0.6) is 0 Å². The Balaban J connectivity index is 0.00000261. The fraction of sp³-hybridized carbons (Fsp3) is 0.895. The average Bonchev–Trinajstić information content (AvgIpc) is 3.29. The van der Waals surface area contributed by atoms with Crippen molar-refractivity contribution in [3.05, 3.63) is 0 Å². The highest BCUT2D eigenvalue weighted by Gasteiger charge is 2.40. The van der Waals surface area contributed by atoms with E-state index in [9.17, 15) is 4.79 Å². The predicted molar refractivity (Wildman–Crippen MR) is 117 cm³/mol. The number of aliphatic imine (C=N–C) groups is 1. The third-order valence-corrected chi connectivity index (χ3v) is 5.74. The van der Waals surface area contributed by atoms with Crippen LogP contribution in [0.3, 0.4) is 0 Å². The Kier molecular flexibility index (Phi) is 9.07. The number of rotatable bonds is 5. The van der Waals surface area contributed by atoms with Gasteiger partial charge in [-0.15, -0.1) is 24.0 Å². The Hall–Kier alpha value is -0.610. The van der Waals surface area contributed by atoms with Gasteiger partial charge in [-0.3, -0.25) is 4.79 Å². The molecule has 27 heavy (non-hydrogen) atoms. The van der Waals surface area contributed by atoms with E-state index >= 15 is 0 Å². The van der Waals surface area contributed by atoms with Crippen molar-refractivity contribution in [1.29, 1.82) is 0 Å². The summed E-state index contributed by atoms with van der Waals surface area (Å²) >= 11 is 0. The second-order valence-corrected chi connectivity index (χ2v) is 8.04. The summed E-state index contributed by atoms with van der Waals surface area (Å²) in [7, 11) is 3.51. The number of amides is 1. The molecule has 2 saturated heterocycles. The van der Waals surface area contributed by atoms with Crippen LogP contribution in [0.4, 0.5) is 0 Å². The molecule has 1 spiro atoms. The second kappa shape index (κ2) is 10.8. The molecule has 1 amide bonds. The molecule has 0 radical (unpaired) electrons. The normalized spacial score (nSPS) is 27.3. The van der Waals surface area contributed by atoms with Crippen LogP contribution in [0, 0.1) is 0 Å². The number of hydrogen-bond acceptors (Lipinski definition) is 4. The molecule has 2 atom stereocenters. The highest BCUT2D eigenvalue weighted by atomic mass is 127. The van der Waals surface area contributed by atoms with Crippen molar-refractivity contribution in [1.82, 2.24) is 15.5 Å². The monoisotopic (exact) mass is 494 g/mol. The van der Waals surface area contributed by atoms with E-state index in [0.29, 0.717) is 6.04 Å². The van der Waals surface area contributed by atoms with Gasteiger partial charge in [-0.25, -0.2) is 4.99 Å². The Morgan fingerprint density at radius 3 is 2.63 bits per heavy atom. The van der Waals surface area contributed by atoms with Crippen molar-refractivity contribution in [3.63, 3.8) is 0 Å². The quantitative estimate of drug-likeness (QED) is 0.347. The van der Waals surface area contributed by atoms with Gasteiger partial charge < -0.3 is 25.0 Å². The van der Waals surface area contributed by atoms with Gasteiger partial charge >= 0.3 is 0 Å². The molecule has 2 aliphatic heterocycles. The van der Waals surface area contributed by atoms with Gasteiger partial charge in [-0.2, -0.15) is 0 Å². The molecule has 156 valence electrons. The molecule has 3 rings (SSSR count). The number of carbonyl (C=O) groups excluding carboxylic acids is 1. The van der Waals surface area contributed by atoms with Crippen LogP contribution >= 0.6 is 24.0 Å². The second-order valence-electron chi connectivity index (χ2n) is 8.04. The lowest BCUT2D eigenvalue weighted by atomic mass is 9.89. The first kappa shape index (κ1) is 22.7. The molecule has 2 N–H and O–H groups in total. The molecule has 2 unspecified atom stereocenters. The van der Waals surface area contributed by atoms with Gasteiger partial charge in [0.05, 0.1) is 11.7 Å². The van der Waals surface area contributed by atoms with Gasteiger partial charge in [-0.05, 0) is 38.5 Å². The zero-order valence-electron chi connectivity index (χ0n) is 16.7. The van der Waals surface area contributed by atoms with E-state index in [-0.39, 0.29) is 48.1 Å². The Morgan fingerprint density at radius 2 is 1.96 bits per heavy atom. The van der Waals surface area contributed by atoms with Crippen LogP contribution in [0.25, 0.3) is 0 Å². The van der Waals surface area contributed by atoms with Crippen LogP contribution < -0.4 is 10.6 Å². The summed E-state index contributed by atoms with van der Waals surface area (Å²) in [6, 6.07) is 0.340. The SMILES string of the molecule is CN(C)C(=O)CN=C(NCC1CCCO1)NC1CCOC2(CCCC2)C1.I. The number of carbonyl (C=O) groups is 1. The molecular formula is C19H35IN4O3. The number of hydrogen-bond donors (Lipinski definition) is 2. The van der Waals surface area contributed by atoms with Crippen LogP contribution in [0.2, 0.25) is 0 Å². The first-order valence-corrected chi connectivity index (χ1v) is 10.1. The van der Waals surface area contributed by atoms with Crippen LogP contribution in [0.1, 0.15) is 51.4 Å². The largest absolute Gasteiger partial charge is 0.376 e. The molecule has 3 aliphatic rings. The van der Waals surface area contributed by atoms with Crippen molar-refractivity contribution in [2.24, 2.45) is 4.99 Å². The third kappa shape index (κ3) is 6.74. The maximum Gasteiger partial charge on any atom is 0.243 e. The average molecular weight is 494 g/mol. The van der Waals surface area contributed by atoms with Crippen LogP contribution in [0.15, 0.2) is 4.99 Å². The number of nitrogens with one attached hydrogen (secondary N) is 2. The van der Waals surface area contributed by atoms with E-state index in [2.05, 4.69) is 15.6 Å². The van der Waals surface area contributed by atoms with Crippen molar-refractivity contribution in [2.75, 3.05) is 40.4 Å². The summed E-state index contributed by atoms with van der Waals surface area (Å²) in [5, 5.41) is 6.94. The topological polar surface area (TPSA) is 75.2 Å². The molecular weight excluding hydrogens is 459 g/mol. The van der Waals surface area contributed by atoms with Crippen LogP contribution in [-0.2, 0) is 14.3 Å². The Morgan fingerprint density at radius 1 is 1.19 bits per heavy atom. The summed E-state index contributed by atoms with van der Waals surface area (Å²) in [6.07, 6.45) is 9.30. The van der Waals surface area contributed by atoms with E-state index in [1.54, 1.807) is 19.0 Å². The minimum atomic E-state index is 0. The lowest BCUT2D eigenvalue weighted by molar-refractivity contribution is -0.127. The number of halogens is 1. The van der Waals surface area contributed by atoms with Gasteiger partial charge in [0.15, 0.2) is 5.96 Å². The fourth-order valence-electron chi connectivity index (χ4n) is 4.17.